The second-order valence-electron chi connectivity index (χ2n) is 4.72. The number of anilines is 1. The second kappa shape index (κ2) is 4.21. The first-order valence-electron chi connectivity index (χ1n) is 5.72. The fraction of sp³-hybridized carbons (Fsp3) is 0.538. The van der Waals surface area contributed by atoms with Gasteiger partial charge in [-0.3, -0.25) is 0 Å². The molecule has 15 heavy (non-hydrogen) atoms. The summed E-state index contributed by atoms with van der Waals surface area (Å²) in [5.41, 5.74) is 6.69. The lowest BCUT2D eigenvalue weighted by Gasteiger charge is -2.27. The van der Waals surface area contributed by atoms with Gasteiger partial charge in [-0.25, -0.2) is 4.39 Å². The highest BCUT2D eigenvalue weighted by atomic mass is 19.1. The van der Waals surface area contributed by atoms with Crippen molar-refractivity contribution < 1.29 is 4.39 Å². The van der Waals surface area contributed by atoms with E-state index in [2.05, 4.69) is 6.92 Å². The number of nitrogens with two attached hydrogens (primary N) is 1. The Kier molecular flexibility index (Phi) is 2.94. The topological polar surface area (TPSA) is 26.0 Å². The molecule has 2 rings (SSSR count). The van der Waals surface area contributed by atoms with E-state index in [-0.39, 0.29) is 11.5 Å². The summed E-state index contributed by atoms with van der Waals surface area (Å²) in [5.74, 6) is 0.887. The number of halogens is 1. The average molecular weight is 207 g/mol. The zero-order valence-corrected chi connectivity index (χ0v) is 9.17. The van der Waals surface area contributed by atoms with Gasteiger partial charge in [0.1, 0.15) is 5.82 Å². The van der Waals surface area contributed by atoms with Gasteiger partial charge >= 0.3 is 0 Å². The van der Waals surface area contributed by atoms with Crippen LogP contribution in [0, 0.1) is 11.7 Å². The lowest BCUT2D eigenvalue weighted by molar-refractivity contribution is 0.338. The van der Waals surface area contributed by atoms with E-state index < -0.39 is 0 Å². The summed E-state index contributed by atoms with van der Waals surface area (Å²) in [6.45, 7) is 2.25. The zero-order chi connectivity index (χ0) is 10.8. The first-order chi connectivity index (χ1) is 7.18. The van der Waals surface area contributed by atoms with Gasteiger partial charge in [0.05, 0.1) is 5.69 Å². The Bertz CT molecular complexity index is 348. The van der Waals surface area contributed by atoms with Crippen molar-refractivity contribution in [3.05, 3.63) is 29.6 Å². The van der Waals surface area contributed by atoms with E-state index in [0.29, 0.717) is 11.8 Å². The Morgan fingerprint density at radius 3 is 2.87 bits per heavy atom. The number of benzene rings is 1. The van der Waals surface area contributed by atoms with Gasteiger partial charge in [0.15, 0.2) is 0 Å². The Morgan fingerprint density at radius 1 is 1.33 bits per heavy atom. The zero-order valence-electron chi connectivity index (χ0n) is 9.17. The minimum atomic E-state index is -0.198. The van der Waals surface area contributed by atoms with E-state index in [1.807, 2.05) is 12.1 Å². The Hall–Kier alpha value is -1.05. The fourth-order valence-corrected chi connectivity index (χ4v) is 2.60. The number of rotatable bonds is 1. The van der Waals surface area contributed by atoms with Gasteiger partial charge in [-0.05, 0) is 36.3 Å². The first kappa shape index (κ1) is 10.5. The van der Waals surface area contributed by atoms with Crippen LogP contribution in [0.15, 0.2) is 18.2 Å². The Labute approximate surface area is 90.5 Å². The number of nitrogen functional groups attached to an aromatic ring is 1. The van der Waals surface area contributed by atoms with Gasteiger partial charge in [0.25, 0.3) is 0 Å². The van der Waals surface area contributed by atoms with Crippen molar-refractivity contribution >= 4 is 5.69 Å². The average Bonchev–Trinajstić information content (AvgIpc) is 2.22. The Balaban J connectivity index is 2.24. The van der Waals surface area contributed by atoms with Crippen LogP contribution in [-0.4, -0.2) is 0 Å². The quantitative estimate of drug-likeness (QED) is 0.698. The van der Waals surface area contributed by atoms with Gasteiger partial charge in [0.2, 0.25) is 0 Å². The summed E-state index contributed by atoms with van der Waals surface area (Å²) in [5, 5.41) is 0. The summed E-state index contributed by atoms with van der Waals surface area (Å²) in [6, 6.07) is 5.37. The molecular formula is C13H18FN. The first-order valence-corrected chi connectivity index (χ1v) is 5.72. The summed E-state index contributed by atoms with van der Waals surface area (Å²) in [7, 11) is 0. The van der Waals surface area contributed by atoms with E-state index in [0.717, 1.165) is 18.4 Å². The van der Waals surface area contributed by atoms with Gasteiger partial charge in [0, 0.05) is 0 Å². The molecule has 0 spiro atoms. The molecule has 1 aromatic carbocycles. The highest BCUT2D eigenvalue weighted by molar-refractivity contribution is 5.44. The lowest BCUT2D eigenvalue weighted by atomic mass is 9.78. The SMILES string of the molecule is CC1CCCC(c2cccc(N)c2F)C1. The number of hydrogen-bond donors (Lipinski definition) is 1. The van der Waals surface area contributed by atoms with E-state index in [4.69, 9.17) is 5.73 Å². The highest BCUT2D eigenvalue weighted by Crippen LogP contribution is 2.37. The molecular weight excluding hydrogens is 189 g/mol. The van der Waals surface area contributed by atoms with Crippen LogP contribution in [-0.2, 0) is 0 Å². The Morgan fingerprint density at radius 2 is 2.13 bits per heavy atom. The molecule has 0 amide bonds. The van der Waals surface area contributed by atoms with Gasteiger partial charge in [-0.1, -0.05) is 31.9 Å². The van der Waals surface area contributed by atoms with Gasteiger partial charge in [-0.15, -0.1) is 0 Å². The molecule has 1 saturated carbocycles. The lowest BCUT2D eigenvalue weighted by Crippen LogP contribution is -2.13. The van der Waals surface area contributed by atoms with E-state index in [9.17, 15) is 4.39 Å². The third kappa shape index (κ3) is 2.14. The smallest absolute Gasteiger partial charge is 0.149 e. The van der Waals surface area contributed by atoms with Crippen molar-refractivity contribution in [1.29, 1.82) is 0 Å². The standard InChI is InChI=1S/C13H18FN/c1-9-4-2-5-10(8-9)11-6-3-7-12(15)13(11)14/h3,6-7,9-10H,2,4-5,8,15H2,1H3. The molecule has 2 atom stereocenters. The van der Waals surface area contributed by atoms with E-state index in [1.54, 1.807) is 6.07 Å². The molecule has 1 aromatic rings. The van der Waals surface area contributed by atoms with Crippen LogP contribution in [0.1, 0.15) is 44.1 Å². The predicted molar refractivity (Wildman–Crippen MR) is 61.2 cm³/mol. The molecule has 2 N–H and O–H groups in total. The van der Waals surface area contributed by atoms with Crippen molar-refractivity contribution in [2.45, 2.75) is 38.5 Å². The minimum Gasteiger partial charge on any atom is -0.396 e. The van der Waals surface area contributed by atoms with Crippen LogP contribution < -0.4 is 5.73 Å². The van der Waals surface area contributed by atoms with Crippen molar-refractivity contribution in [3.8, 4) is 0 Å². The molecule has 0 radical (unpaired) electrons. The van der Waals surface area contributed by atoms with Crippen LogP contribution in [0.25, 0.3) is 0 Å². The normalized spacial score (nSPS) is 26.5. The molecule has 2 heteroatoms. The van der Waals surface area contributed by atoms with Crippen LogP contribution in [0.5, 0.6) is 0 Å². The van der Waals surface area contributed by atoms with Crippen LogP contribution in [0.4, 0.5) is 10.1 Å². The molecule has 1 fully saturated rings. The fourth-order valence-electron chi connectivity index (χ4n) is 2.60. The molecule has 0 bridgehead atoms. The maximum absolute atomic E-state index is 13.8. The van der Waals surface area contributed by atoms with Crippen molar-refractivity contribution in [2.75, 3.05) is 5.73 Å². The third-order valence-electron chi connectivity index (χ3n) is 3.43. The summed E-state index contributed by atoms with van der Waals surface area (Å²) in [6.07, 6.45) is 4.69. The maximum Gasteiger partial charge on any atom is 0.149 e. The monoisotopic (exact) mass is 207 g/mol. The van der Waals surface area contributed by atoms with Crippen LogP contribution >= 0.6 is 0 Å². The van der Waals surface area contributed by atoms with Crippen LogP contribution in [0.3, 0.4) is 0 Å². The van der Waals surface area contributed by atoms with E-state index >= 15 is 0 Å². The maximum atomic E-state index is 13.8. The summed E-state index contributed by atoms with van der Waals surface area (Å²) in [4.78, 5) is 0. The largest absolute Gasteiger partial charge is 0.396 e. The minimum absolute atomic E-state index is 0.198. The molecule has 0 saturated heterocycles. The predicted octanol–water partition coefficient (Wildman–Crippen LogP) is 3.70. The van der Waals surface area contributed by atoms with Crippen molar-refractivity contribution in [2.24, 2.45) is 5.92 Å². The van der Waals surface area contributed by atoms with Crippen molar-refractivity contribution in [3.63, 3.8) is 0 Å². The van der Waals surface area contributed by atoms with Gasteiger partial charge < -0.3 is 5.73 Å². The number of hydrogen-bond acceptors (Lipinski definition) is 1. The molecule has 2 unspecified atom stereocenters. The second-order valence-corrected chi connectivity index (χ2v) is 4.72. The van der Waals surface area contributed by atoms with E-state index in [1.165, 1.54) is 12.8 Å². The third-order valence-corrected chi connectivity index (χ3v) is 3.43. The van der Waals surface area contributed by atoms with Gasteiger partial charge in [-0.2, -0.15) is 0 Å². The summed E-state index contributed by atoms with van der Waals surface area (Å²) < 4.78 is 13.8. The summed E-state index contributed by atoms with van der Waals surface area (Å²) >= 11 is 0. The highest BCUT2D eigenvalue weighted by Gasteiger charge is 2.23. The van der Waals surface area contributed by atoms with Crippen molar-refractivity contribution in [1.82, 2.24) is 0 Å². The molecule has 1 aliphatic carbocycles. The molecule has 0 aliphatic heterocycles. The molecule has 0 heterocycles. The molecule has 82 valence electrons. The van der Waals surface area contributed by atoms with Crippen LogP contribution in [0.2, 0.25) is 0 Å². The molecule has 1 nitrogen and oxygen atoms in total. The molecule has 1 aliphatic rings. The molecule has 0 aromatic heterocycles.